The third kappa shape index (κ3) is 3.47. The molecule has 1 amide bonds. The molecule has 0 spiro atoms. The standard InChI is InChI=1S/C19H19N3O3/c23-19(21-14-7-1-2-8-14)15-11-25-17(22-15)12-24-16-9-3-5-13-6-4-10-20-18(13)16/h3-6,9-11,14H,1-2,7-8,12H2,(H,21,23). The first kappa shape index (κ1) is 15.6. The minimum atomic E-state index is -0.186. The molecule has 0 radical (unpaired) electrons. The average Bonchev–Trinajstić information content (AvgIpc) is 3.31. The molecule has 2 aromatic heterocycles. The summed E-state index contributed by atoms with van der Waals surface area (Å²) in [5.74, 6) is 0.839. The van der Waals surface area contributed by atoms with Crippen LogP contribution in [-0.2, 0) is 6.61 Å². The first-order valence-corrected chi connectivity index (χ1v) is 8.51. The van der Waals surface area contributed by atoms with Gasteiger partial charge < -0.3 is 14.5 Å². The quantitative estimate of drug-likeness (QED) is 0.771. The molecular formula is C19H19N3O3. The fourth-order valence-electron chi connectivity index (χ4n) is 3.14. The number of nitrogens with one attached hydrogen (secondary N) is 1. The van der Waals surface area contributed by atoms with Gasteiger partial charge in [-0.05, 0) is 25.0 Å². The van der Waals surface area contributed by atoms with Gasteiger partial charge in [-0.15, -0.1) is 0 Å². The maximum Gasteiger partial charge on any atom is 0.273 e. The topological polar surface area (TPSA) is 77.2 Å². The molecule has 0 saturated heterocycles. The first-order valence-electron chi connectivity index (χ1n) is 8.51. The van der Waals surface area contributed by atoms with Gasteiger partial charge in [0.25, 0.3) is 5.91 Å². The summed E-state index contributed by atoms with van der Waals surface area (Å²) in [7, 11) is 0. The summed E-state index contributed by atoms with van der Waals surface area (Å²) in [5, 5.41) is 4.00. The fourth-order valence-corrected chi connectivity index (χ4v) is 3.14. The van der Waals surface area contributed by atoms with Gasteiger partial charge in [-0.3, -0.25) is 9.78 Å². The van der Waals surface area contributed by atoms with Crippen molar-refractivity contribution in [2.75, 3.05) is 0 Å². The van der Waals surface area contributed by atoms with E-state index < -0.39 is 0 Å². The average molecular weight is 337 g/mol. The molecule has 1 saturated carbocycles. The van der Waals surface area contributed by atoms with Gasteiger partial charge in [0.15, 0.2) is 12.3 Å². The highest BCUT2D eigenvalue weighted by molar-refractivity contribution is 5.92. The molecule has 0 aliphatic heterocycles. The van der Waals surface area contributed by atoms with Gasteiger partial charge in [-0.2, -0.15) is 0 Å². The zero-order valence-electron chi connectivity index (χ0n) is 13.8. The Labute approximate surface area is 145 Å². The molecule has 6 nitrogen and oxygen atoms in total. The van der Waals surface area contributed by atoms with E-state index in [1.807, 2.05) is 30.3 Å². The molecule has 1 aliphatic rings. The summed E-state index contributed by atoms with van der Waals surface area (Å²) in [4.78, 5) is 20.7. The maximum atomic E-state index is 12.2. The van der Waals surface area contributed by atoms with E-state index in [2.05, 4.69) is 15.3 Å². The van der Waals surface area contributed by atoms with Crippen LogP contribution in [0.15, 0.2) is 47.2 Å². The molecule has 1 N–H and O–H groups in total. The van der Waals surface area contributed by atoms with E-state index in [-0.39, 0.29) is 18.6 Å². The molecule has 2 heterocycles. The Bertz CT molecular complexity index is 879. The Morgan fingerprint density at radius 1 is 1.24 bits per heavy atom. The van der Waals surface area contributed by atoms with Crippen LogP contribution in [0.25, 0.3) is 10.9 Å². The first-order chi connectivity index (χ1) is 12.3. The number of aromatic nitrogens is 2. The lowest BCUT2D eigenvalue weighted by atomic mass is 10.2. The Balaban J connectivity index is 1.41. The summed E-state index contributed by atoms with van der Waals surface area (Å²) < 4.78 is 11.1. The molecule has 1 fully saturated rings. The number of rotatable bonds is 5. The van der Waals surface area contributed by atoms with Crippen molar-refractivity contribution < 1.29 is 13.9 Å². The van der Waals surface area contributed by atoms with Crippen molar-refractivity contribution in [3.05, 3.63) is 54.4 Å². The van der Waals surface area contributed by atoms with E-state index in [4.69, 9.17) is 9.15 Å². The van der Waals surface area contributed by atoms with Crippen molar-refractivity contribution in [2.24, 2.45) is 0 Å². The second-order valence-corrected chi connectivity index (χ2v) is 6.20. The number of hydrogen-bond acceptors (Lipinski definition) is 5. The summed E-state index contributed by atoms with van der Waals surface area (Å²) in [5.41, 5.74) is 1.08. The number of hydrogen-bond donors (Lipinski definition) is 1. The second-order valence-electron chi connectivity index (χ2n) is 6.20. The SMILES string of the molecule is O=C(NC1CCCC1)c1coc(COc2cccc3cccnc23)n1. The van der Waals surface area contributed by atoms with Crippen LogP contribution >= 0.6 is 0 Å². The van der Waals surface area contributed by atoms with Crippen molar-refractivity contribution in [1.82, 2.24) is 15.3 Å². The number of fused-ring (bicyclic) bond motifs is 1. The molecule has 128 valence electrons. The lowest BCUT2D eigenvalue weighted by Gasteiger charge is -2.09. The Kier molecular flexibility index (Phi) is 4.33. The summed E-state index contributed by atoms with van der Waals surface area (Å²) >= 11 is 0. The molecule has 0 unspecified atom stereocenters. The van der Waals surface area contributed by atoms with Crippen molar-refractivity contribution in [3.8, 4) is 5.75 Å². The molecule has 1 aliphatic carbocycles. The molecule has 6 heteroatoms. The number of nitrogens with zero attached hydrogens (tertiary/aromatic N) is 2. The number of para-hydroxylation sites is 1. The number of carbonyl (C=O) groups is 1. The normalized spacial score (nSPS) is 14.7. The number of oxazole rings is 1. The van der Waals surface area contributed by atoms with E-state index in [9.17, 15) is 4.79 Å². The highest BCUT2D eigenvalue weighted by Crippen LogP contribution is 2.24. The van der Waals surface area contributed by atoms with Gasteiger partial charge in [-0.1, -0.05) is 31.0 Å². The molecule has 4 rings (SSSR count). The lowest BCUT2D eigenvalue weighted by Crippen LogP contribution is -2.32. The van der Waals surface area contributed by atoms with Crippen molar-refractivity contribution >= 4 is 16.8 Å². The van der Waals surface area contributed by atoms with Crippen LogP contribution in [0, 0.1) is 0 Å². The number of pyridine rings is 1. The lowest BCUT2D eigenvalue weighted by molar-refractivity contribution is 0.0932. The van der Waals surface area contributed by atoms with E-state index in [0.717, 1.165) is 23.7 Å². The Morgan fingerprint density at radius 2 is 2.08 bits per heavy atom. The van der Waals surface area contributed by atoms with Gasteiger partial charge >= 0.3 is 0 Å². The van der Waals surface area contributed by atoms with Gasteiger partial charge in [-0.25, -0.2) is 4.98 Å². The van der Waals surface area contributed by atoms with Gasteiger partial charge in [0.05, 0.1) is 0 Å². The van der Waals surface area contributed by atoms with Crippen LogP contribution in [0.2, 0.25) is 0 Å². The molecule has 0 bridgehead atoms. The Hall–Kier alpha value is -2.89. The number of ether oxygens (including phenoxy) is 1. The third-order valence-corrected chi connectivity index (χ3v) is 4.42. The minimum Gasteiger partial charge on any atom is -0.482 e. The van der Waals surface area contributed by atoms with Crippen LogP contribution in [-0.4, -0.2) is 21.9 Å². The molecule has 0 atom stereocenters. The zero-order chi connectivity index (χ0) is 17.1. The minimum absolute atomic E-state index is 0.145. The van der Waals surface area contributed by atoms with Crippen LogP contribution < -0.4 is 10.1 Å². The van der Waals surface area contributed by atoms with Gasteiger partial charge in [0, 0.05) is 17.6 Å². The highest BCUT2D eigenvalue weighted by atomic mass is 16.5. The fraction of sp³-hybridized carbons (Fsp3) is 0.316. The van der Waals surface area contributed by atoms with Gasteiger partial charge in [0.2, 0.25) is 5.89 Å². The monoisotopic (exact) mass is 337 g/mol. The van der Waals surface area contributed by atoms with Gasteiger partial charge in [0.1, 0.15) is 17.5 Å². The summed E-state index contributed by atoms with van der Waals surface area (Å²) in [6, 6.07) is 9.86. The van der Waals surface area contributed by atoms with Crippen LogP contribution in [0.1, 0.15) is 42.1 Å². The number of amides is 1. The molecular weight excluding hydrogens is 318 g/mol. The molecule has 25 heavy (non-hydrogen) atoms. The van der Waals surface area contributed by atoms with E-state index >= 15 is 0 Å². The largest absolute Gasteiger partial charge is 0.482 e. The smallest absolute Gasteiger partial charge is 0.273 e. The van der Waals surface area contributed by atoms with Crippen LogP contribution in [0.4, 0.5) is 0 Å². The van der Waals surface area contributed by atoms with Crippen LogP contribution in [0.3, 0.4) is 0 Å². The van der Waals surface area contributed by atoms with Crippen LogP contribution in [0.5, 0.6) is 5.75 Å². The second kappa shape index (κ2) is 6.93. The molecule has 3 aromatic rings. The van der Waals surface area contributed by atoms with E-state index in [1.54, 1.807) is 6.20 Å². The summed E-state index contributed by atoms with van der Waals surface area (Å²) in [6.45, 7) is 0.145. The van der Waals surface area contributed by atoms with Crippen molar-refractivity contribution in [1.29, 1.82) is 0 Å². The zero-order valence-corrected chi connectivity index (χ0v) is 13.8. The predicted octanol–water partition coefficient (Wildman–Crippen LogP) is 3.47. The molecule has 1 aromatic carbocycles. The Morgan fingerprint density at radius 3 is 2.96 bits per heavy atom. The number of carbonyl (C=O) groups excluding carboxylic acids is 1. The van der Waals surface area contributed by atoms with E-state index in [1.165, 1.54) is 19.1 Å². The third-order valence-electron chi connectivity index (χ3n) is 4.42. The predicted molar refractivity (Wildman–Crippen MR) is 92.3 cm³/mol. The number of benzene rings is 1. The van der Waals surface area contributed by atoms with Crippen molar-refractivity contribution in [3.63, 3.8) is 0 Å². The maximum absolute atomic E-state index is 12.2. The highest BCUT2D eigenvalue weighted by Gasteiger charge is 2.20. The van der Waals surface area contributed by atoms with E-state index in [0.29, 0.717) is 17.3 Å². The van der Waals surface area contributed by atoms with Crippen molar-refractivity contribution in [2.45, 2.75) is 38.3 Å². The summed E-state index contributed by atoms with van der Waals surface area (Å²) in [6.07, 6.45) is 7.52.